The first-order valence-corrected chi connectivity index (χ1v) is 15.9. The summed E-state index contributed by atoms with van der Waals surface area (Å²) in [5, 5.41) is 2.88. The zero-order chi connectivity index (χ0) is 34.0. The number of alkyl halides is 3. The smallest absolute Gasteiger partial charge is 0.416 e. The Bertz CT molecular complexity index is 1910. The molecule has 2 aliphatic heterocycles. The number of para-hydroxylation sites is 1. The lowest BCUT2D eigenvalue weighted by atomic mass is 10.0. The van der Waals surface area contributed by atoms with Crippen molar-refractivity contribution >= 4 is 46.0 Å². The number of nitrogens with zero attached hydrogens (tertiary/aromatic N) is 3. The van der Waals surface area contributed by atoms with Crippen LogP contribution in [-0.4, -0.2) is 66.3 Å². The SMILES string of the molecule is O=C(N[C@H](Cc1ccc(Cl)cc1)C(=O)N1CCN(c2ccccc2CN2CCCC2=O)CC1)c1cc(=O)c2cc(C(F)(F)F)ccc2o1. The summed E-state index contributed by atoms with van der Waals surface area (Å²) in [6.45, 7) is 3.05. The van der Waals surface area contributed by atoms with Crippen LogP contribution in [0.1, 0.15) is 40.1 Å². The lowest BCUT2D eigenvalue weighted by molar-refractivity contribution is -0.137. The Balaban J connectivity index is 1.19. The molecule has 3 heterocycles. The zero-order valence-electron chi connectivity index (χ0n) is 25.8. The third-order valence-electron chi connectivity index (χ3n) is 8.69. The van der Waals surface area contributed by atoms with Crippen molar-refractivity contribution in [2.75, 3.05) is 37.6 Å². The topological polar surface area (TPSA) is 103 Å². The Hall–Kier alpha value is -4.84. The van der Waals surface area contributed by atoms with Crippen molar-refractivity contribution in [3.05, 3.63) is 110 Å². The second-order valence-corrected chi connectivity index (χ2v) is 12.3. The summed E-state index contributed by atoms with van der Waals surface area (Å²) < 4.78 is 45.1. The van der Waals surface area contributed by atoms with Crippen molar-refractivity contribution in [2.24, 2.45) is 0 Å². The van der Waals surface area contributed by atoms with Gasteiger partial charge in [0, 0.05) is 68.9 Å². The van der Waals surface area contributed by atoms with Crippen LogP contribution in [0.4, 0.5) is 18.9 Å². The third-order valence-corrected chi connectivity index (χ3v) is 8.94. The molecule has 3 aromatic carbocycles. The summed E-state index contributed by atoms with van der Waals surface area (Å²) in [7, 11) is 0. The molecular weight excluding hydrogens is 649 g/mol. The van der Waals surface area contributed by atoms with Crippen molar-refractivity contribution in [3.8, 4) is 0 Å². The average molecular weight is 681 g/mol. The van der Waals surface area contributed by atoms with Gasteiger partial charge in [-0.1, -0.05) is 41.9 Å². The van der Waals surface area contributed by atoms with Gasteiger partial charge in [0.2, 0.25) is 11.8 Å². The zero-order valence-corrected chi connectivity index (χ0v) is 26.5. The van der Waals surface area contributed by atoms with Crippen LogP contribution in [0.25, 0.3) is 11.0 Å². The van der Waals surface area contributed by atoms with Crippen LogP contribution in [0, 0.1) is 0 Å². The van der Waals surface area contributed by atoms with E-state index in [4.69, 9.17) is 16.0 Å². The van der Waals surface area contributed by atoms with Gasteiger partial charge in [0.25, 0.3) is 5.91 Å². The first kappa shape index (κ1) is 33.1. The summed E-state index contributed by atoms with van der Waals surface area (Å²) >= 11 is 6.05. The fraction of sp³-hybridized carbons (Fsp3) is 0.314. The van der Waals surface area contributed by atoms with Gasteiger partial charge in [0.1, 0.15) is 11.6 Å². The number of likely N-dealkylation sites (tertiary alicyclic amines) is 1. The van der Waals surface area contributed by atoms with Gasteiger partial charge in [-0.25, -0.2) is 0 Å². The Labute approximate surface area is 278 Å². The van der Waals surface area contributed by atoms with E-state index in [9.17, 15) is 32.3 Å². The molecule has 3 amide bonds. The molecule has 6 rings (SSSR count). The molecule has 9 nitrogen and oxygen atoms in total. The molecule has 0 bridgehead atoms. The van der Waals surface area contributed by atoms with Gasteiger partial charge in [-0.3, -0.25) is 19.2 Å². The molecule has 48 heavy (non-hydrogen) atoms. The van der Waals surface area contributed by atoms with Crippen molar-refractivity contribution < 1.29 is 32.0 Å². The van der Waals surface area contributed by atoms with Gasteiger partial charge >= 0.3 is 6.18 Å². The minimum atomic E-state index is -4.66. The summed E-state index contributed by atoms with van der Waals surface area (Å²) in [5.74, 6) is -1.48. The van der Waals surface area contributed by atoms with E-state index in [1.54, 1.807) is 29.2 Å². The van der Waals surface area contributed by atoms with E-state index >= 15 is 0 Å². The fourth-order valence-electron chi connectivity index (χ4n) is 6.15. The van der Waals surface area contributed by atoms with E-state index in [0.717, 1.165) is 48.0 Å². The monoisotopic (exact) mass is 680 g/mol. The molecule has 0 spiro atoms. The van der Waals surface area contributed by atoms with Crippen molar-refractivity contribution in [3.63, 3.8) is 0 Å². The molecule has 4 aromatic rings. The van der Waals surface area contributed by atoms with E-state index in [2.05, 4.69) is 10.2 Å². The Kier molecular flexibility index (Phi) is 9.45. The minimum Gasteiger partial charge on any atom is -0.451 e. The number of hydrogen-bond donors (Lipinski definition) is 1. The minimum absolute atomic E-state index is 0.113. The predicted octanol–water partition coefficient (Wildman–Crippen LogP) is 5.28. The average Bonchev–Trinajstić information content (AvgIpc) is 3.48. The van der Waals surface area contributed by atoms with Gasteiger partial charge in [-0.2, -0.15) is 13.2 Å². The summed E-state index contributed by atoms with van der Waals surface area (Å²) in [6, 6.07) is 17.0. The van der Waals surface area contributed by atoms with Crippen LogP contribution in [0.5, 0.6) is 0 Å². The maximum atomic E-state index is 13.9. The van der Waals surface area contributed by atoms with E-state index < -0.39 is 34.9 Å². The summed E-state index contributed by atoms with van der Waals surface area (Å²) in [5.41, 5.74) is 0.737. The summed E-state index contributed by atoms with van der Waals surface area (Å²) in [4.78, 5) is 58.0. The van der Waals surface area contributed by atoms with Crippen molar-refractivity contribution in [1.29, 1.82) is 0 Å². The highest BCUT2D eigenvalue weighted by atomic mass is 35.5. The van der Waals surface area contributed by atoms with Crippen molar-refractivity contribution in [1.82, 2.24) is 15.1 Å². The molecular formula is C35H32ClF3N4O5. The number of fused-ring (bicyclic) bond motifs is 1. The van der Waals surface area contributed by atoms with E-state index in [1.165, 1.54) is 0 Å². The first-order valence-electron chi connectivity index (χ1n) is 15.6. The standard InChI is InChI=1S/C35H32ClF3N4O5/c36-25-10-7-22(8-11-25)18-27(40-33(46)31-20-29(44)26-19-24(35(37,38)39)9-12-30(26)48-31)34(47)42-16-14-41(15-17-42)28-5-2-1-4-23(28)21-43-13-3-6-32(43)45/h1-2,4-5,7-12,19-20,27H,3,6,13-18,21H2,(H,40,46)/t27-/m1/s1. The maximum Gasteiger partial charge on any atom is 0.416 e. The molecule has 1 aromatic heterocycles. The number of anilines is 1. The number of carbonyl (C=O) groups is 3. The quantitative estimate of drug-likeness (QED) is 0.272. The molecule has 250 valence electrons. The van der Waals surface area contributed by atoms with Gasteiger partial charge < -0.3 is 24.4 Å². The van der Waals surface area contributed by atoms with Crippen LogP contribution >= 0.6 is 11.6 Å². The van der Waals surface area contributed by atoms with Crippen LogP contribution in [0.3, 0.4) is 0 Å². The van der Waals surface area contributed by atoms with E-state index in [-0.39, 0.29) is 29.2 Å². The molecule has 0 radical (unpaired) electrons. The van der Waals surface area contributed by atoms with Crippen LogP contribution in [-0.2, 0) is 28.7 Å². The normalized spacial score (nSPS) is 16.0. The number of piperazine rings is 1. The Morgan fingerprint density at radius 3 is 2.33 bits per heavy atom. The molecule has 0 saturated carbocycles. The largest absolute Gasteiger partial charge is 0.451 e. The highest BCUT2D eigenvalue weighted by molar-refractivity contribution is 6.30. The fourth-order valence-corrected chi connectivity index (χ4v) is 6.27. The number of halogens is 4. The van der Waals surface area contributed by atoms with E-state index in [0.29, 0.717) is 50.2 Å². The summed E-state index contributed by atoms with van der Waals surface area (Å²) in [6.07, 6.45) is -3.13. The van der Waals surface area contributed by atoms with Gasteiger partial charge in [0.15, 0.2) is 11.2 Å². The molecule has 0 aliphatic carbocycles. The highest BCUT2D eigenvalue weighted by Gasteiger charge is 2.33. The van der Waals surface area contributed by atoms with Crippen molar-refractivity contribution in [2.45, 2.75) is 38.0 Å². The number of carbonyl (C=O) groups excluding carboxylic acids is 3. The number of benzene rings is 3. The van der Waals surface area contributed by atoms with Crippen LogP contribution < -0.4 is 15.6 Å². The van der Waals surface area contributed by atoms with Gasteiger partial charge in [-0.05, 0) is 53.9 Å². The molecule has 0 unspecified atom stereocenters. The second kappa shape index (κ2) is 13.7. The van der Waals surface area contributed by atoms with Gasteiger partial charge in [-0.15, -0.1) is 0 Å². The Morgan fingerprint density at radius 1 is 0.917 bits per heavy atom. The molecule has 2 fully saturated rings. The number of rotatable bonds is 8. The third kappa shape index (κ3) is 7.33. The number of amides is 3. The second-order valence-electron chi connectivity index (χ2n) is 11.9. The predicted molar refractivity (Wildman–Crippen MR) is 174 cm³/mol. The van der Waals surface area contributed by atoms with E-state index in [1.807, 2.05) is 29.2 Å². The Morgan fingerprint density at radius 2 is 1.65 bits per heavy atom. The number of nitrogens with one attached hydrogen (secondary N) is 1. The van der Waals surface area contributed by atoms with Gasteiger partial charge in [0.05, 0.1) is 10.9 Å². The molecule has 1 N–H and O–H groups in total. The highest BCUT2D eigenvalue weighted by Crippen LogP contribution is 2.31. The lowest BCUT2D eigenvalue weighted by Gasteiger charge is -2.38. The maximum absolute atomic E-state index is 13.9. The van der Waals surface area contributed by atoms with Crippen LogP contribution in [0.2, 0.25) is 5.02 Å². The number of hydrogen-bond acceptors (Lipinski definition) is 6. The molecule has 13 heteroatoms. The molecule has 1 atom stereocenters. The lowest BCUT2D eigenvalue weighted by Crippen LogP contribution is -2.55. The van der Waals surface area contributed by atoms with Crippen LogP contribution in [0.15, 0.2) is 82.0 Å². The molecule has 2 aliphatic rings. The first-order chi connectivity index (χ1) is 23.0. The molecule has 2 saturated heterocycles.